The van der Waals surface area contributed by atoms with Crippen LogP contribution in [0.1, 0.15) is 84.0 Å². The molecule has 3 nitrogen and oxygen atoms in total. The number of unbranched alkanes of at least 4 members (excludes halogenated alkanes) is 8. The highest BCUT2D eigenvalue weighted by Crippen LogP contribution is 2.14. The highest BCUT2D eigenvalue weighted by molar-refractivity contribution is 5.76. The van der Waals surface area contributed by atoms with Gasteiger partial charge in [-0.3, -0.25) is 4.79 Å². The Kier molecular flexibility index (Phi) is 14.9. The molecule has 21 heavy (non-hydrogen) atoms. The van der Waals surface area contributed by atoms with Crippen LogP contribution < -0.4 is 5.73 Å². The van der Waals surface area contributed by atoms with Gasteiger partial charge in [0.05, 0.1) is 0 Å². The van der Waals surface area contributed by atoms with Crippen LogP contribution in [0.5, 0.6) is 0 Å². The van der Waals surface area contributed by atoms with E-state index in [9.17, 15) is 4.79 Å². The summed E-state index contributed by atoms with van der Waals surface area (Å²) >= 11 is 0. The summed E-state index contributed by atoms with van der Waals surface area (Å²) in [5.41, 5.74) is 5.30. The lowest BCUT2D eigenvalue weighted by Gasteiger charge is -2.10. The maximum Gasteiger partial charge on any atom is 0.220 e. The van der Waals surface area contributed by atoms with E-state index in [4.69, 9.17) is 10.8 Å². The lowest BCUT2D eigenvalue weighted by atomic mass is 9.97. The predicted octanol–water partition coefficient (Wildman–Crippen LogP) is 4.34. The van der Waals surface area contributed by atoms with Gasteiger partial charge in [0.25, 0.3) is 0 Å². The highest BCUT2D eigenvalue weighted by Gasteiger charge is 2.13. The Labute approximate surface area is 131 Å². The quantitative estimate of drug-likeness (QED) is 0.349. The lowest BCUT2D eigenvalue weighted by molar-refractivity contribution is -0.122. The molecular formula is C18H35NO2. The van der Waals surface area contributed by atoms with Crippen molar-refractivity contribution >= 4 is 5.91 Å². The molecular weight excluding hydrogens is 262 g/mol. The first-order chi connectivity index (χ1) is 10.2. The number of hydrogen-bond donors (Lipinski definition) is 2. The van der Waals surface area contributed by atoms with Gasteiger partial charge in [0, 0.05) is 12.5 Å². The van der Waals surface area contributed by atoms with E-state index in [2.05, 4.69) is 19.1 Å². The van der Waals surface area contributed by atoms with E-state index in [1.807, 2.05) is 0 Å². The third kappa shape index (κ3) is 13.9. The fourth-order valence-corrected chi connectivity index (χ4v) is 2.52. The molecule has 1 unspecified atom stereocenters. The minimum Gasteiger partial charge on any atom is -0.396 e. The first-order valence-electron chi connectivity index (χ1n) is 8.77. The Morgan fingerprint density at radius 2 is 1.52 bits per heavy atom. The van der Waals surface area contributed by atoms with Gasteiger partial charge < -0.3 is 10.8 Å². The zero-order chi connectivity index (χ0) is 15.8. The van der Waals surface area contributed by atoms with E-state index >= 15 is 0 Å². The number of carbonyl (C=O) groups excluding carboxylic acids is 1. The number of amides is 1. The molecule has 0 aliphatic carbocycles. The summed E-state index contributed by atoms with van der Waals surface area (Å²) in [4.78, 5) is 11.1. The fraction of sp³-hybridized carbons (Fsp3) is 0.833. The van der Waals surface area contributed by atoms with E-state index in [0.717, 1.165) is 19.3 Å². The van der Waals surface area contributed by atoms with Crippen LogP contribution in [0.2, 0.25) is 0 Å². The molecule has 0 fully saturated rings. The summed E-state index contributed by atoms with van der Waals surface area (Å²) in [6.45, 7) is 2.29. The zero-order valence-corrected chi connectivity index (χ0v) is 13.9. The van der Waals surface area contributed by atoms with Gasteiger partial charge in [-0.25, -0.2) is 0 Å². The molecule has 1 atom stereocenters. The average molecular weight is 297 g/mol. The second kappa shape index (κ2) is 15.6. The Bertz CT molecular complexity index is 264. The van der Waals surface area contributed by atoms with Gasteiger partial charge in [-0.1, -0.05) is 57.6 Å². The number of nitrogens with two attached hydrogens (primary N) is 1. The maximum atomic E-state index is 11.1. The summed E-state index contributed by atoms with van der Waals surface area (Å²) in [7, 11) is 0. The second-order valence-electron chi connectivity index (χ2n) is 5.92. The number of primary amides is 1. The Morgan fingerprint density at radius 3 is 2.05 bits per heavy atom. The smallest absolute Gasteiger partial charge is 0.220 e. The van der Waals surface area contributed by atoms with Gasteiger partial charge >= 0.3 is 0 Å². The number of allylic oxidation sites excluding steroid dienone is 2. The minimum absolute atomic E-state index is 0.0522. The zero-order valence-electron chi connectivity index (χ0n) is 13.9. The van der Waals surface area contributed by atoms with E-state index in [1.165, 1.54) is 51.4 Å². The van der Waals surface area contributed by atoms with Crippen molar-refractivity contribution in [3.8, 4) is 0 Å². The standard InChI is InChI=1S/C18H35NO2/c1-2-3-4-5-6-7-8-9-10-11-12-13-14-17(15-16-20)18(19)21/h7-8,17,20H,2-6,9-16H2,1H3,(H2,19,21). The van der Waals surface area contributed by atoms with Crippen molar-refractivity contribution in [2.45, 2.75) is 84.0 Å². The van der Waals surface area contributed by atoms with Gasteiger partial charge in [-0.05, 0) is 38.5 Å². The van der Waals surface area contributed by atoms with Crippen molar-refractivity contribution in [1.82, 2.24) is 0 Å². The number of hydrogen-bond acceptors (Lipinski definition) is 2. The minimum atomic E-state index is -0.268. The molecule has 0 aromatic rings. The van der Waals surface area contributed by atoms with Crippen LogP contribution in [0, 0.1) is 5.92 Å². The summed E-state index contributed by atoms with van der Waals surface area (Å²) in [5, 5.41) is 8.86. The molecule has 0 radical (unpaired) electrons. The summed E-state index contributed by atoms with van der Waals surface area (Å²) in [6.07, 6.45) is 18.3. The number of rotatable bonds is 15. The first-order valence-corrected chi connectivity index (χ1v) is 8.77. The maximum absolute atomic E-state index is 11.1. The van der Waals surface area contributed by atoms with E-state index < -0.39 is 0 Å². The normalized spacial score (nSPS) is 12.9. The Hall–Kier alpha value is -0.830. The second-order valence-corrected chi connectivity index (χ2v) is 5.92. The van der Waals surface area contributed by atoms with Crippen molar-refractivity contribution in [3.05, 3.63) is 12.2 Å². The number of aliphatic hydroxyl groups is 1. The van der Waals surface area contributed by atoms with Gasteiger partial charge in [0.15, 0.2) is 0 Å². The van der Waals surface area contributed by atoms with Gasteiger partial charge in [-0.2, -0.15) is 0 Å². The van der Waals surface area contributed by atoms with E-state index in [1.54, 1.807) is 0 Å². The SMILES string of the molecule is CCCCCCC=CCCCCCCC(CCO)C(N)=O. The Balaban J connectivity index is 3.35. The predicted molar refractivity (Wildman–Crippen MR) is 90.0 cm³/mol. The number of carbonyl (C=O) groups is 1. The van der Waals surface area contributed by atoms with E-state index in [0.29, 0.717) is 6.42 Å². The molecule has 0 bridgehead atoms. The van der Waals surface area contributed by atoms with Gasteiger partial charge in [-0.15, -0.1) is 0 Å². The van der Waals surface area contributed by atoms with Crippen molar-refractivity contribution in [3.63, 3.8) is 0 Å². The lowest BCUT2D eigenvalue weighted by Crippen LogP contribution is -2.24. The van der Waals surface area contributed by atoms with Crippen molar-refractivity contribution in [2.24, 2.45) is 11.7 Å². The molecule has 1 amide bonds. The summed E-state index contributed by atoms with van der Waals surface area (Å²) in [6, 6.07) is 0. The molecule has 0 spiro atoms. The molecule has 0 aromatic heterocycles. The third-order valence-corrected chi connectivity index (χ3v) is 3.94. The van der Waals surface area contributed by atoms with Crippen molar-refractivity contribution < 1.29 is 9.90 Å². The van der Waals surface area contributed by atoms with Gasteiger partial charge in [0.2, 0.25) is 5.91 Å². The fourth-order valence-electron chi connectivity index (χ4n) is 2.52. The van der Waals surface area contributed by atoms with Crippen LogP contribution in [0.15, 0.2) is 12.2 Å². The molecule has 0 heterocycles. The van der Waals surface area contributed by atoms with Gasteiger partial charge in [0.1, 0.15) is 0 Å². The molecule has 3 N–H and O–H groups in total. The van der Waals surface area contributed by atoms with Crippen LogP contribution in [-0.2, 0) is 4.79 Å². The molecule has 3 heteroatoms. The van der Waals surface area contributed by atoms with Crippen LogP contribution >= 0.6 is 0 Å². The molecule has 0 saturated carbocycles. The van der Waals surface area contributed by atoms with Crippen LogP contribution in [0.4, 0.5) is 0 Å². The van der Waals surface area contributed by atoms with Crippen LogP contribution in [0.3, 0.4) is 0 Å². The summed E-state index contributed by atoms with van der Waals surface area (Å²) in [5.74, 6) is -0.409. The monoisotopic (exact) mass is 297 g/mol. The third-order valence-electron chi connectivity index (χ3n) is 3.94. The van der Waals surface area contributed by atoms with Crippen molar-refractivity contribution in [2.75, 3.05) is 6.61 Å². The first kappa shape index (κ1) is 20.2. The largest absolute Gasteiger partial charge is 0.396 e. The molecule has 0 rings (SSSR count). The number of aliphatic hydroxyl groups excluding tert-OH is 1. The highest BCUT2D eigenvalue weighted by atomic mass is 16.3. The van der Waals surface area contributed by atoms with Crippen LogP contribution in [0.25, 0.3) is 0 Å². The van der Waals surface area contributed by atoms with Crippen LogP contribution in [-0.4, -0.2) is 17.6 Å². The molecule has 0 aliphatic heterocycles. The molecule has 0 aliphatic rings. The van der Waals surface area contributed by atoms with Crippen molar-refractivity contribution in [1.29, 1.82) is 0 Å². The topological polar surface area (TPSA) is 63.3 Å². The molecule has 124 valence electrons. The molecule has 0 saturated heterocycles. The van der Waals surface area contributed by atoms with E-state index in [-0.39, 0.29) is 18.4 Å². The summed E-state index contributed by atoms with van der Waals surface area (Å²) < 4.78 is 0. The average Bonchev–Trinajstić information content (AvgIpc) is 2.47. The Morgan fingerprint density at radius 1 is 0.952 bits per heavy atom. The molecule has 0 aromatic carbocycles.